The number of aromatic nitrogens is 4. The maximum Gasteiger partial charge on any atom is 0.145 e. The largest absolute Gasteiger partial charge is 0.369 e. The summed E-state index contributed by atoms with van der Waals surface area (Å²) in [5.74, 6) is 0.763. The topological polar surface area (TPSA) is 63.6 Å². The van der Waals surface area contributed by atoms with E-state index in [4.69, 9.17) is 0 Å². The number of nitrogens with one attached hydrogen (secondary N) is 1. The molecular weight excluding hydrogens is 190 g/mol. The van der Waals surface area contributed by atoms with Crippen molar-refractivity contribution in [1.82, 2.24) is 19.9 Å². The first kappa shape index (κ1) is 9.51. The van der Waals surface area contributed by atoms with Crippen LogP contribution in [0.4, 0.5) is 5.82 Å². The van der Waals surface area contributed by atoms with Gasteiger partial charge >= 0.3 is 0 Å². The number of nitrogens with zero attached hydrogens (tertiary/aromatic N) is 4. The molecule has 0 bridgehead atoms. The fourth-order valence-corrected chi connectivity index (χ4v) is 1.20. The highest BCUT2D eigenvalue weighted by Gasteiger charge is 2.01. The highest BCUT2D eigenvalue weighted by atomic mass is 15.0. The lowest BCUT2D eigenvalue weighted by molar-refractivity contribution is 1.11. The number of anilines is 1. The summed E-state index contributed by atoms with van der Waals surface area (Å²) in [5.41, 5.74) is 1.64. The van der Waals surface area contributed by atoms with E-state index in [1.807, 2.05) is 6.92 Å². The van der Waals surface area contributed by atoms with Crippen molar-refractivity contribution in [3.05, 3.63) is 31.1 Å². The molecule has 0 atom stereocenters. The maximum atomic E-state index is 4.38. The summed E-state index contributed by atoms with van der Waals surface area (Å²) >= 11 is 0. The SMILES string of the molecule is CCNc1cncc(-c2cncnc2)n1. The molecular formula is C10H11N5. The van der Waals surface area contributed by atoms with Crippen LogP contribution in [-0.2, 0) is 0 Å². The van der Waals surface area contributed by atoms with Gasteiger partial charge in [-0.25, -0.2) is 15.0 Å². The van der Waals surface area contributed by atoms with E-state index < -0.39 is 0 Å². The predicted octanol–water partition coefficient (Wildman–Crippen LogP) is 1.37. The van der Waals surface area contributed by atoms with Gasteiger partial charge in [0.15, 0.2) is 0 Å². The third-order valence-corrected chi connectivity index (χ3v) is 1.85. The zero-order valence-electron chi connectivity index (χ0n) is 8.38. The Bertz CT molecular complexity index is 429. The molecule has 0 aliphatic rings. The van der Waals surface area contributed by atoms with Crippen LogP contribution in [0.2, 0.25) is 0 Å². The minimum absolute atomic E-state index is 0.763. The first-order valence-corrected chi connectivity index (χ1v) is 4.71. The van der Waals surface area contributed by atoms with E-state index in [1.165, 1.54) is 6.33 Å². The van der Waals surface area contributed by atoms with Gasteiger partial charge in [-0.15, -0.1) is 0 Å². The van der Waals surface area contributed by atoms with Crippen molar-refractivity contribution in [2.45, 2.75) is 6.92 Å². The second-order valence-electron chi connectivity index (χ2n) is 2.95. The quantitative estimate of drug-likeness (QED) is 0.812. The molecule has 0 fully saturated rings. The van der Waals surface area contributed by atoms with Gasteiger partial charge in [-0.2, -0.15) is 0 Å². The molecule has 2 aromatic heterocycles. The normalized spacial score (nSPS) is 9.93. The molecule has 0 aliphatic carbocycles. The molecule has 0 saturated carbocycles. The summed E-state index contributed by atoms with van der Waals surface area (Å²) in [4.78, 5) is 16.4. The lowest BCUT2D eigenvalue weighted by Crippen LogP contribution is -2.00. The third kappa shape index (κ3) is 2.25. The van der Waals surface area contributed by atoms with Crippen molar-refractivity contribution in [3.8, 4) is 11.3 Å². The van der Waals surface area contributed by atoms with Crippen LogP contribution >= 0.6 is 0 Å². The molecule has 0 amide bonds. The van der Waals surface area contributed by atoms with Crippen LogP contribution in [0.5, 0.6) is 0 Å². The Kier molecular flexibility index (Phi) is 2.82. The minimum atomic E-state index is 0.763. The highest BCUT2D eigenvalue weighted by molar-refractivity contribution is 5.57. The van der Waals surface area contributed by atoms with Crippen molar-refractivity contribution in [2.75, 3.05) is 11.9 Å². The zero-order chi connectivity index (χ0) is 10.5. The van der Waals surface area contributed by atoms with E-state index in [1.54, 1.807) is 24.8 Å². The highest BCUT2D eigenvalue weighted by Crippen LogP contribution is 2.14. The summed E-state index contributed by atoms with van der Waals surface area (Å²) in [6.45, 7) is 2.84. The second-order valence-corrected chi connectivity index (χ2v) is 2.95. The van der Waals surface area contributed by atoms with Gasteiger partial charge in [0.25, 0.3) is 0 Å². The molecule has 0 spiro atoms. The Balaban J connectivity index is 2.33. The van der Waals surface area contributed by atoms with Crippen molar-refractivity contribution in [2.24, 2.45) is 0 Å². The van der Waals surface area contributed by atoms with E-state index >= 15 is 0 Å². The molecule has 1 N–H and O–H groups in total. The van der Waals surface area contributed by atoms with Crippen molar-refractivity contribution in [3.63, 3.8) is 0 Å². The molecule has 5 nitrogen and oxygen atoms in total. The first-order valence-electron chi connectivity index (χ1n) is 4.71. The van der Waals surface area contributed by atoms with Gasteiger partial charge in [0.05, 0.1) is 18.1 Å². The molecule has 2 aromatic rings. The first-order chi connectivity index (χ1) is 7.40. The van der Waals surface area contributed by atoms with Crippen LogP contribution in [0.15, 0.2) is 31.1 Å². The van der Waals surface area contributed by atoms with Crippen molar-refractivity contribution in [1.29, 1.82) is 0 Å². The van der Waals surface area contributed by atoms with E-state index in [0.29, 0.717) is 0 Å². The van der Waals surface area contributed by atoms with Gasteiger partial charge in [0.1, 0.15) is 12.1 Å². The van der Waals surface area contributed by atoms with Gasteiger partial charge in [-0.3, -0.25) is 4.98 Å². The molecule has 0 aliphatic heterocycles. The summed E-state index contributed by atoms with van der Waals surface area (Å²) < 4.78 is 0. The van der Waals surface area contributed by atoms with Crippen molar-refractivity contribution >= 4 is 5.82 Å². The second kappa shape index (κ2) is 4.45. The maximum absolute atomic E-state index is 4.38. The molecule has 2 rings (SSSR count). The Labute approximate surface area is 87.6 Å². The average molecular weight is 201 g/mol. The summed E-state index contributed by atoms with van der Waals surface area (Å²) in [6, 6.07) is 0. The lowest BCUT2D eigenvalue weighted by Gasteiger charge is -2.03. The van der Waals surface area contributed by atoms with E-state index in [9.17, 15) is 0 Å². The third-order valence-electron chi connectivity index (χ3n) is 1.85. The average Bonchev–Trinajstić information content (AvgIpc) is 2.31. The Morgan fingerprint density at radius 3 is 2.60 bits per heavy atom. The van der Waals surface area contributed by atoms with Crippen LogP contribution in [0.25, 0.3) is 11.3 Å². The van der Waals surface area contributed by atoms with Crippen molar-refractivity contribution < 1.29 is 0 Å². The molecule has 0 unspecified atom stereocenters. The fourth-order valence-electron chi connectivity index (χ4n) is 1.20. The van der Waals surface area contributed by atoms with Crippen LogP contribution < -0.4 is 5.32 Å². The molecule has 76 valence electrons. The zero-order valence-corrected chi connectivity index (χ0v) is 8.38. The lowest BCUT2D eigenvalue weighted by atomic mass is 10.2. The van der Waals surface area contributed by atoms with Crippen LogP contribution in [0.3, 0.4) is 0 Å². The van der Waals surface area contributed by atoms with Gasteiger partial charge in [0, 0.05) is 24.5 Å². The predicted molar refractivity (Wildman–Crippen MR) is 57.2 cm³/mol. The summed E-state index contributed by atoms with van der Waals surface area (Å²) in [7, 11) is 0. The van der Waals surface area contributed by atoms with Gasteiger partial charge in [0.2, 0.25) is 0 Å². The van der Waals surface area contributed by atoms with Gasteiger partial charge in [-0.05, 0) is 6.92 Å². The molecule has 15 heavy (non-hydrogen) atoms. The Morgan fingerprint density at radius 2 is 1.87 bits per heavy atom. The Morgan fingerprint density at radius 1 is 1.07 bits per heavy atom. The molecule has 5 heteroatoms. The van der Waals surface area contributed by atoms with Crippen LogP contribution in [0.1, 0.15) is 6.92 Å². The van der Waals surface area contributed by atoms with Crippen LogP contribution in [0, 0.1) is 0 Å². The molecule has 2 heterocycles. The molecule has 0 aromatic carbocycles. The summed E-state index contributed by atoms with van der Waals surface area (Å²) in [5, 5.41) is 3.10. The smallest absolute Gasteiger partial charge is 0.145 e. The summed E-state index contributed by atoms with van der Waals surface area (Å²) in [6.07, 6.45) is 8.31. The van der Waals surface area contributed by atoms with E-state index in [2.05, 4.69) is 25.3 Å². The number of rotatable bonds is 3. The van der Waals surface area contributed by atoms with E-state index in [-0.39, 0.29) is 0 Å². The standard InChI is InChI=1S/C10H11N5/c1-2-14-10-6-11-5-9(15-10)8-3-12-7-13-4-8/h3-7H,2H2,1H3,(H,14,15). The minimum Gasteiger partial charge on any atom is -0.369 e. The number of hydrogen-bond donors (Lipinski definition) is 1. The van der Waals surface area contributed by atoms with Gasteiger partial charge < -0.3 is 5.32 Å². The van der Waals surface area contributed by atoms with Gasteiger partial charge in [-0.1, -0.05) is 0 Å². The Hall–Kier alpha value is -2.04. The monoisotopic (exact) mass is 201 g/mol. The molecule has 0 radical (unpaired) electrons. The van der Waals surface area contributed by atoms with E-state index in [0.717, 1.165) is 23.6 Å². The fraction of sp³-hybridized carbons (Fsp3) is 0.200. The number of hydrogen-bond acceptors (Lipinski definition) is 5. The van der Waals surface area contributed by atoms with Crippen LogP contribution in [-0.4, -0.2) is 26.5 Å². The molecule has 0 saturated heterocycles.